The molecule has 0 amide bonds. The van der Waals surface area contributed by atoms with Crippen molar-refractivity contribution in [1.29, 1.82) is 0 Å². The van der Waals surface area contributed by atoms with Crippen LogP contribution in [0.2, 0.25) is 0 Å². The summed E-state index contributed by atoms with van der Waals surface area (Å²) in [5, 5.41) is 9.56. The van der Waals surface area contributed by atoms with E-state index in [9.17, 15) is 9.50 Å². The number of halogens is 3. The zero-order valence-electron chi connectivity index (χ0n) is 7.10. The van der Waals surface area contributed by atoms with E-state index in [0.29, 0.717) is 5.56 Å². The molecule has 0 spiro atoms. The highest BCUT2D eigenvalue weighted by Crippen LogP contribution is 2.37. The fourth-order valence-electron chi connectivity index (χ4n) is 1.01. The van der Waals surface area contributed by atoms with Crippen LogP contribution in [0, 0.1) is 5.82 Å². The molecule has 78 valence electrons. The number of hydrogen-bond acceptors (Lipinski definition) is 3. The van der Waals surface area contributed by atoms with E-state index in [4.69, 9.17) is 11.5 Å². The SMILES string of the molecule is NCC(N)c1cc(Br)c(F)c(Br)c1O. The summed E-state index contributed by atoms with van der Waals surface area (Å²) in [6, 6.07) is 0.913. The molecular weight excluding hydrogens is 319 g/mol. The minimum absolute atomic E-state index is 0.00854. The first-order valence-corrected chi connectivity index (χ1v) is 5.39. The van der Waals surface area contributed by atoms with Crippen molar-refractivity contribution in [1.82, 2.24) is 0 Å². The second-order valence-electron chi connectivity index (χ2n) is 2.77. The zero-order chi connectivity index (χ0) is 10.9. The van der Waals surface area contributed by atoms with Crippen molar-refractivity contribution in [2.75, 3.05) is 6.54 Å². The van der Waals surface area contributed by atoms with Gasteiger partial charge >= 0.3 is 0 Å². The Morgan fingerprint density at radius 1 is 1.50 bits per heavy atom. The molecule has 0 aliphatic carbocycles. The van der Waals surface area contributed by atoms with E-state index in [2.05, 4.69) is 31.9 Å². The monoisotopic (exact) mass is 326 g/mol. The maximum Gasteiger partial charge on any atom is 0.155 e. The van der Waals surface area contributed by atoms with Crippen LogP contribution in [0.15, 0.2) is 15.0 Å². The minimum atomic E-state index is -0.560. The van der Waals surface area contributed by atoms with Gasteiger partial charge in [-0.15, -0.1) is 0 Å². The predicted octanol–water partition coefficient (Wildman–Crippen LogP) is 2.01. The van der Waals surface area contributed by atoms with Crippen molar-refractivity contribution in [2.24, 2.45) is 11.5 Å². The van der Waals surface area contributed by atoms with Crippen molar-refractivity contribution in [3.05, 3.63) is 26.4 Å². The molecule has 0 bridgehead atoms. The third kappa shape index (κ3) is 2.08. The van der Waals surface area contributed by atoms with Crippen molar-refractivity contribution in [3.8, 4) is 5.75 Å². The van der Waals surface area contributed by atoms with Gasteiger partial charge in [0.15, 0.2) is 5.82 Å². The number of benzene rings is 1. The Labute approximate surface area is 97.5 Å². The number of nitrogens with two attached hydrogens (primary N) is 2. The van der Waals surface area contributed by atoms with Gasteiger partial charge in [0.05, 0.1) is 8.95 Å². The van der Waals surface area contributed by atoms with Gasteiger partial charge < -0.3 is 16.6 Å². The van der Waals surface area contributed by atoms with Crippen LogP contribution in [0.1, 0.15) is 11.6 Å². The third-order valence-corrected chi connectivity index (χ3v) is 3.12. The van der Waals surface area contributed by atoms with Crippen LogP contribution in [-0.4, -0.2) is 11.7 Å². The molecule has 5 N–H and O–H groups in total. The van der Waals surface area contributed by atoms with Crippen LogP contribution in [0.5, 0.6) is 5.75 Å². The highest BCUT2D eigenvalue weighted by Gasteiger charge is 2.17. The maximum atomic E-state index is 13.2. The van der Waals surface area contributed by atoms with E-state index in [1.54, 1.807) is 0 Å². The third-order valence-electron chi connectivity index (χ3n) is 1.82. The van der Waals surface area contributed by atoms with E-state index < -0.39 is 11.9 Å². The van der Waals surface area contributed by atoms with Crippen LogP contribution in [0.3, 0.4) is 0 Å². The highest BCUT2D eigenvalue weighted by atomic mass is 79.9. The Bertz CT molecular complexity index is 360. The standard InChI is InChI=1S/C8H9Br2FN2O/c9-4-1-3(5(13)2-12)8(14)6(10)7(4)11/h1,5,14H,2,12-13H2. The Morgan fingerprint density at radius 3 is 2.57 bits per heavy atom. The number of rotatable bonds is 2. The Kier molecular flexibility index (Phi) is 3.88. The average Bonchev–Trinajstić information content (AvgIpc) is 2.19. The van der Waals surface area contributed by atoms with Crippen LogP contribution in [0.25, 0.3) is 0 Å². The first kappa shape index (κ1) is 11.9. The fourth-order valence-corrected chi connectivity index (χ4v) is 2.17. The molecule has 0 aliphatic heterocycles. The lowest BCUT2D eigenvalue weighted by molar-refractivity contribution is 0.450. The molecule has 1 rings (SSSR count). The van der Waals surface area contributed by atoms with Gasteiger partial charge in [-0.1, -0.05) is 0 Å². The smallest absolute Gasteiger partial charge is 0.155 e. The van der Waals surface area contributed by atoms with Crippen molar-refractivity contribution < 1.29 is 9.50 Å². The second-order valence-corrected chi connectivity index (χ2v) is 4.41. The van der Waals surface area contributed by atoms with Gasteiger partial charge in [0.1, 0.15) is 5.75 Å². The van der Waals surface area contributed by atoms with E-state index in [-0.39, 0.29) is 21.2 Å². The van der Waals surface area contributed by atoms with Crippen LogP contribution < -0.4 is 11.5 Å². The van der Waals surface area contributed by atoms with Crippen LogP contribution >= 0.6 is 31.9 Å². The summed E-state index contributed by atoms with van der Waals surface area (Å²) in [7, 11) is 0. The molecule has 14 heavy (non-hydrogen) atoms. The van der Waals surface area contributed by atoms with E-state index in [0.717, 1.165) is 0 Å². The first-order chi connectivity index (χ1) is 6.49. The van der Waals surface area contributed by atoms with Crippen molar-refractivity contribution >= 4 is 31.9 Å². The van der Waals surface area contributed by atoms with E-state index in [1.807, 2.05) is 0 Å². The predicted molar refractivity (Wildman–Crippen MR) is 59.4 cm³/mol. The van der Waals surface area contributed by atoms with E-state index >= 15 is 0 Å². The molecule has 0 radical (unpaired) electrons. The van der Waals surface area contributed by atoms with Gasteiger partial charge in [0.2, 0.25) is 0 Å². The van der Waals surface area contributed by atoms with Crippen molar-refractivity contribution in [3.63, 3.8) is 0 Å². The Hall–Kier alpha value is -0.170. The van der Waals surface area contributed by atoms with Gasteiger partial charge in [-0.25, -0.2) is 4.39 Å². The summed E-state index contributed by atoms with van der Waals surface area (Å²) in [4.78, 5) is 0. The van der Waals surface area contributed by atoms with Gasteiger partial charge in [0.25, 0.3) is 0 Å². The fraction of sp³-hybridized carbons (Fsp3) is 0.250. The number of aromatic hydroxyl groups is 1. The minimum Gasteiger partial charge on any atom is -0.506 e. The Morgan fingerprint density at radius 2 is 2.07 bits per heavy atom. The molecule has 0 heterocycles. The molecule has 0 aliphatic rings. The molecule has 0 saturated carbocycles. The van der Waals surface area contributed by atoms with Crippen molar-refractivity contribution in [2.45, 2.75) is 6.04 Å². The lowest BCUT2D eigenvalue weighted by atomic mass is 10.1. The lowest BCUT2D eigenvalue weighted by Crippen LogP contribution is -2.21. The van der Waals surface area contributed by atoms with Gasteiger partial charge in [-0.2, -0.15) is 0 Å². The largest absolute Gasteiger partial charge is 0.506 e. The Balaban J connectivity index is 3.33. The summed E-state index contributed by atoms with van der Waals surface area (Å²) in [5.41, 5.74) is 11.4. The topological polar surface area (TPSA) is 72.3 Å². The number of phenols is 1. The molecule has 0 fully saturated rings. The molecular formula is C8H9Br2FN2O. The quantitative estimate of drug-likeness (QED) is 0.728. The molecule has 1 aromatic carbocycles. The van der Waals surface area contributed by atoms with Crippen LogP contribution in [-0.2, 0) is 0 Å². The second kappa shape index (κ2) is 4.57. The van der Waals surface area contributed by atoms with Gasteiger partial charge in [-0.3, -0.25) is 0 Å². The molecule has 0 aromatic heterocycles. The zero-order valence-corrected chi connectivity index (χ0v) is 10.3. The van der Waals surface area contributed by atoms with Gasteiger partial charge in [-0.05, 0) is 37.9 Å². The normalized spacial score (nSPS) is 12.9. The molecule has 6 heteroatoms. The maximum absolute atomic E-state index is 13.2. The molecule has 0 saturated heterocycles. The molecule has 1 aromatic rings. The van der Waals surface area contributed by atoms with Gasteiger partial charge in [0, 0.05) is 18.2 Å². The number of phenolic OH excluding ortho intramolecular Hbond substituents is 1. The highest BCUT2D eigenvalue weighted by molar-refractivity contribution is 9.11. The lowest BCUT2D eigenvalue weighted by Gasteiger charge is -2.13. The molecule has 1 unspecified atom stereocenters. The molecule has 1 atom stereocenters. The summed E-state index contributed by atoms with van der Waals surface area (Å²) >= 11 is 5.94. The summed E-state index contributed by atoms with van der Waals surface area (Å²) in [5.74, 6) is -0.765. The summed E-state index contributed by atoms with van der Waals surface area (Å²) in [6.45, 7) is 0.179. The molecule has 3 nitrogen and oxygen atoms in total. The summed E-state index contributed by atoms with van der Waals surface area (Å²) < 4.78 is 13.4. The van der Waals surface area contributed by atoms with E-state index in [1.165, 1.54) is 6.07 Å². The van der Waals surface area contributed by atoms with Crippen LogP contribution in [0.4, 0.5) is 4.39 Å². The average molecular weight is 328 g/mol. The number of hydrogen-bond donors (Lipinski definition) is 3. The first-order valence-electron chi connectivity index (χ1n) is 3.81. The summed E-state index contributed by atoms with van der Waals surface area (Å²) in [6.07, 6.45) is 0.